The summed E-state index contributed by atoms with van der Waals surface area (Å²) >= 11 is 0. The molecule has 3 heteroatoms. The molecular formula is C7H16N3+. The molecule has 1 fully saturated rings. The maximum atomic E-state index is 5.71. The predicted octanol–water partition coefficient (Wildman–Crippen LogP) is -1.38. The minimum Gasteiger partial charge on any atom is -0.328 e. The van der Waals surface area contributed by atoms with Crippen molar-refractivity contribution in [2.45, 2.75) is 31.7 Å². The Morgan fingerprint density at radius 3 is 2.10 bits per heavy atom. The molecule has 0 aromatic rings. The van der Waals surface area contributed by atoms with Crippen LogP contribution in [0.15, 0.2) is 0 Å². The quantitative estimate of drug-likeness (QED) is 0.312. The minimum atomic E-state index is 0.385. The van der Waals surface area contributed by atoms with Gasteiger partial charge in [-0.05, 0) is 25.7 Å². The molecule has 0 amide bonds. The Kier molecular flexibility index (Phi) is 2.27. The van der Waals surface area contributed by atoms with Crippen LogP contribution in [0.25, 0.3) is 0 Å². The average Bonchev–Trinajstić information content (AvgIpc) is 1.88. The minimum absolute atomic E-state index is 0.385. The molecule has 0 atom stereocenters. The van der Waals surface area contributed by atoms with Crippen molar-refractivity contribution >= 4 is 5.84 Å². The molecule has 0 bridgehead atoms. The molecular weight excluding hydrogens is 126 g/mol. The lowest BCUT2D eigenvalue weighted by Crippen LogP contribution is -2.51. The number of hydrogen-bond acceptors (Lipinski definition) is 1. The fourth-order valence-corrected chi connectivity index (χ4v) is 1.45. The van der Waals surface area contributed by atoms with Crippen molar-refractivity contribution in [3.8, 4) is 0 Å². The second-order valence-electron chi connectivity index (χ2n) is 3.11. The molecule has 0 aliphatic heterocycles. The topological polar surface area (TPSA) is 77.6 Å². The van der Waals surface area contributed by atoms with Gasteiger partial charge in [-0.25, -0.2) is 0 Å². The van der Waals surface area contributed by atoms with Crippen LogP contribution in [0.1, 0.15) is 25.7 Å². The third-order valence-corrected chi connectivity index (χ3v) is 2.24. The van der Waals surface area contributed by atoms with Crippen molar-refractivity contribution in [2.75, 3.05) is 0 Å². The first-order valence-electron chi connectivity index (χ1n) is 3.83. The van der Waals surface area contributed by atoms with Crippen molar-refractivity contribution < 1.29 is 5.41 Å². The predicted molar refractivity (Wildman–Crippen MR) is 41.1 cm³/mol. The van der Waals surface area contributed by atoms with E-state index in [4.69, 9.17) is 16.9 Å². The van der Waals surface area contributed by atoms with Gasteiger partial charge in [0.15, 0.2) is 0 Å². The van der Waals surface area contributed by atoms with Gasteiger partial charge < -0.3 is 5.73 Å². The maximum Gasteiger partial charge on any atom is 0.241 e. The Balaban J connectivity index is 2.33. The third kappa shape index (κ3) is 1.70. The molecule has 6 N–H and O–H groups in total. The fourth-order valence-electron chi connectivity index (χ4n) is 1.45. The van der Waals surface area contributed by atoms with Crippen molar-refractivity contribution in [1.29, 1.82) is 0 Å². The molecule has 0 saturated heterocycles. The Bertz CT molecular complexity index is 125. The summed E-state index contributed by atoms with van der Waals surface area (Å²) in [7, 11) is 0. The Morgan fingerprint density at radius 2 is 1.70 bits per heavy atom. The normalized spacial score (nSPS) is 33.7. The van der Waals surface area contributed by atoms with Crippen molar-refractivity contribution in [2.24, 2.45) is 17.4 Å². The summed E-state index contributed by atoms with van der Waals surface area (Å²) in [6.07, 6.45) is 4.29. The highest BCUT2D eigenvalue weighted by Gasteiger charge is 2.22. The van der Waals surface area contributed by atoms with Crippen molar-refractivity contribution in [3.63, 3.8) is 0 Å². The smallest absolute Gasteiger partial charge is 0.241 e. The van der Waals surface area contributed by atoms with Gasteiger partial charge in [-0.2, -0.15) is 0 Å². The first-order chi connectivity index (χ1) is 4.70. The summed E-state index contributed by atoms with van der Waals surface area (Å²) in [4.78, 5) is 0. The molecule has 10 heavy (non-hydrogen) atoms. The lowest BCUT2D eigenvalue weighted by molar-refractivity contribution is -0.122. The zero-order chi connectivity index (χ0) is 7.56. The summed E-state index contributed by atoms with van der Waals surface area (Å²) in [5.74, 6) is 1.02. The molecule has 1 rings (SSSR count). The second-order valence-corrected chi connectivity index (χ2v) is 3.11. The highest BCUT2D eigenvalue weighted by molar-refractivity contribution is 5.76. The number of rotatable bonds is 1. The number of nitrogens with two attached hydrogens (primary N) is 3. The van der Waals surface area contributed by atoms with Gasteiger partial charge in [0, 0.05) is 6.04 Å². The molecule has 0 unspecified atom stereocenters. The molecule has 58 valence electrons. The molecule has 0 radical (unpaired) electrons. The highest BCUT2D eigenvalue weighted by Crippen LogP contribution is 2.21. The summed E-state index contributed by atoms with van der Waals surface area (Å²) in [5.41, 5.74) is 11.2. The van der Waals surface area contributed by atoms with Gasteiger partial charge in [0.05, 0.1) is 5.92 Å². The molecule has 0 aromatic heterocycles. The van der Waals surface area contributed by atoms with E-state index in [1.54, 1.807) is 0 Å². The Morgan fingerprint density at radius 1 is 1.20 bits per heavy atom. The van der Waals surface area contributed by atoms with E-state index in [0.717, 1.165) is 25.7 Å². The Hall–Kier alpha value is -0.570. The molecule has 1 saturated carbocycles. The van der Waals surface area contributed by atoms with E-state index in [1.807, 2.05) is 0 Å². The first kappa shape index (κ1) is 7.54. The van der Waals surface area contributed by atoms with Gasteiger partial charge in [0.25, 0.3) is 0 Å². The van der Waals surface area contributed by atoms with Gasteiger partial charge in [0.1, 0.15) is 0 Å². The van der Waals surface area contributed by atoms with E-state index in [0.29, 0.717) is 17.8 Å². The molecule has 1 aliphatic carbocycles. The van der Waals surface area contributed by atoms with Crippen LogP contribution in [0.5, 0.6) is 0 Å². The first-order valence-corrected chi connectivity index (χ1v) is 3.83. The van der Waals surface area contributed by atoms with Crippen molar-refractivity contribution in [3.05, 3.63) is 0 Å². The number of hydrogen-bond donors (Lipinski definition) is 3. The fraction of sp³-hybridized carbons (Fsp3) is 0.857. The van der Waals surface area contributed by atoms with Crippen LogP contribution in [0, 0.1) is 5.92 Å². The molecule has 0 heterocycles. The SMILES string of the molecule is NC(=[NH2+])C1CCC(N)CC1. The molecule has 0 aromatic carbocycles. The monoisotopic (exact) mass is 142 g/mol. The van der Waals surface area contributed by atoms with Gasteiger partial charge in [-0.3, -0.25) is 11.1 Å². The van der Waals surface area contributed by atoms with Crippen LogP contribution in [-0.2, 0) is 0 Å². The van der Waals surface area contributed by atoms with E-state index >= 15 is 0 Å². The number of amidine groups is 1. The van der Waals surface area contributed by atoms with Crippen LogP contribution in [-0.4, -0.2) is 11.9 Å². The van der Waals surface area contributed by atoms with E-state index in [-0.39, 0.29) is 0 Å². The van der Waals surface area contributed by atoms with Crippen LogP contribution in [0.2, 0.25) is 0 Å². The van der Waals surface area contributed by atoms with Crippen LogP contribution in [0.3, 0.4) is 0 Å². The van der Waals surface area contributed by atoms with Crippen molar-refractivity contribution in [1.82, 2.24) is 0 Å². The van der Waals surface area contributed by atoms with E-state index in [1.165, 1.54) is 0 Å². The Labute approximate surface area is 61.3 Å². The molecule has 0 spiro atoms. The zero-order valence-corrected chi connectivity index (χ0v) is 6.22. The summed E-state index contributed by atoms with van der Waals surface area (Å²) in [6, 6.07) is 0.385. The summed E-state index contributed by atoms with van der Waals surface area (Å²) in [6.45, 7) is 0. The van der Waals surface area contributed by atoms with Gasteiger partial charge in [-0.15, -0.1) is 0 Å². The van der Waals surface area contributed by atoms with Crippen LogP contribution < -0.4 is 16.9 Å². The lowest BCUT2D eigenvalue weighted by Gasteiger charge is -2.22. The lowest BCUT2D eigenvalue weighted by atomic mass is 9.86. The maximum absolute atomic E-state index is 5.71. The highest BCUT2D eigenvalue weighted by atomic mass is 14.7. The van der Waals surface area contributed by atoms with Gasteiger partial charge in [0.2, 0.25) is 5.84 Å². The average molecular weight is 142 g/mol. The zero-order valence-electron chi connectivity index (χ0n) is 6.22. The molecule has 1 aliphatic rings. The van der Waals surface area contributed by atoms with E-state index in [9.17, 15) is 0 Å². The molecule has 3 nitrogen and oxygen atoms in total. The van der Waals surface area contributed by atoms with Gasteiger partial charge >= 0.3 is 0 Å². The third-order valence-electron chi connectivity index (χ3n) is 2.24. The summed E-state index contributed by atoms with van der Waals surface area (Å²) < 4.78 is 0. The summed E-state index contributed by atoms with van der Waals surface area (Å²) in [5, 5.41) is 5.47. The van der Waals surface area contributed by atoms with Crippen LogP contribution >= 0.6 is 0 Å². The largest absolute Gasteiger partial charge is 0.328 e. The second kappa shape index (κ2) is 3.01. The van der Waals surface area contributed by atoms with E-state index < -0.39 is 0 Å². The van der Waals surface area contributed by atoms with E-state index in [2.05, 4.69) is 0 Å². The van der Waals surface area contributed by atoms with Gasteiger partial charge in [-0.1, -0.05) is 0 Å². The van der Waals surface area contributed by atoms with Crippen LogP contribution in [0.4, 0.5) is 0 Å². The standard InChI is InChI=1S/C7H15N3/c8-6-3-1-5(2-4-6)7(9)10/h5-6H,1-4,8H2,(H3,9,10)/p+1.